The summed E-state index contributed by atoms with van der Waals surface area (Å²) in [5.74, 6) is 0.0232. The quantitative estimate of drug-likeness (QED) is 0.647. The molecule has 2 aliphatic rings. The average Bonchev–Trinajstić information content (AvgIpc) is 3.16. The number of amides is 1. The lowest BCUT2D eigenvalue weighted by molar-refractivity contribution is -0.137. The first-order valence-corrected chi connectivity index (χ1v) is 12.9. The number of likely N-dealkylation sites (tertiary alicyclic amines) is 1. The summed E-state index contributed by atoms with van der Waals surface area (Å²) in [6, 6.07) is 5.25. The van der Waals surface area contributed by atoms with E-state index in [0.717, 1.165) is 31.5 Å². The van der Waals surface area contributed by atoms with Gasteiger partial charge in [-0.2, -0.15) is 0 Å². The first-order valence-electron chi connectivity index (χ1n) is 10.2. The van der Waals surface area contributed by atoms with Crippen LogP contribution in [0.4, 0.5) is 0 Å². The largest absolute Gasteiger partial charge is 0.335 e. The number of likely N-dealkylation sites (N-methyl/N-ethyl adjacent to an activating group) is 1. The summed E-state index contributed by atoms with van der Waals surface area (Å²) < 4.78 is 25.7. The summed E-state index contributed by atoms with van der Waals surface area (Å²) in [6.07, 6.45) is 3.78. The molecule has 2 fully saturated rings. The van der Waals surface area contributed by atoms with Crippen LogP contribution in [0.15, 0.2) is 18.2 Å². The fraction of sp³-hybridized carbons (Fsp3) is 0.650. The molecule has 1 amide bonds. The Kier molecular flexibility index (Phi) is 8.03. The van der Waals surface area contributed by atoms with Crippen molar-refractivity contribution in [1.29, 1.82) is 0 Å². The summed E-state index contributed by atoms with van der Waals surface area (Å²) in [5.41, 5.74) is 0.819. The molecular formula is C20H30Cl2N4O3S. The van der Waals surface area contributed by atoms with Crippen LogP contribution in [0.1, 0.15) is 18.4 Å². The molecule has 0 aliphatic carbocycles. The Balaban J connectivity index is 1.74. The molecule has 0 bridgehead atoms. The van der Waals surface area contributed by atoms with Crippen LogP contribution in [0.3, 0.4) is 0 Å². The van der Waals surface area contributed by atoms with E-state index in [-0.39, 0.29) is 31.0 Å². The number of hydrogen-bond acceptors (Lipinski definition) is 5. The maximum absolute atomic E-state index is 13.3. The van der Waals surface area contributed by atoms with Gasteiger partial charge in [0.15, 0.2) is 0 Å². The lowest BCUT2D eigenvalue weighted by atomic mass is 10.0. The topological polar surface area (TPSA) is 73.0 Å². The molecule has 2 saturated heterocycles. The summed E-state index contributed by atoms with van der Waals surface area (Å²) in [6.45, 7) is 4.44. The molecule has 3 rings (SSSR count). The zero-order valence-corrected chi connectivity index (χ0v) is 19.8. The Morgan fingerprint density at radius 1 is 1.13 bits per heavy atom. The second kappa shape index (κ2) is 10.1. The fourth-order valence-electron chi connectivity index (χ4n) is 4.21. The number of hydrogen-bond donors (Lipinski definition) is 1. The molecule has 2 aliphatic heterocycles. The van der Waals surface area contributed by atoms with Gasteiger partial charge < -0.3 is 9.80 Å². The molecule has 168 valence electrons. The number of halogens is 2. The Bertz CT molecular complexity index is 862. The van der Waals surface area contributed by atoms with Gasteiger partial charge in [0, 0.05) is 32.2 Å². The predicted molar refractivity (Wildman–Crippen MR) is 121 cm³/mol. The highest BCUT2D eigenvalue weighted by molar-refractivity contribution is 7.88. The second-order valence-corrected chi connectivity index (χ2v) is 11.0. The number of benzene rings is 1. The third-order valence-corrected chi connectivity index (χ3v) is 7.31. The van der Waals surface area contributed by atoms with E-state index in [4.69, 9.17) is 23.2 Å². The molecule has 2 heterocycles. The Morgan fingerprint density at radius 2 is 1.83 bits per heavy atom. The van der Waals surface area contributed by atoms with Crippen LogP contribution in [0.5, 0.6) is 0 Å². The number of carbonyl (C=O) groups excluding carboxylic acids is 1. The first kappa shape index (κ1) is 23.8. The summed E-state index contributed by atoms with van der Waals surface area (Å²) in [7, 11) is -1.30. The van der Waals surface area contributed by atoms with Gasteiger partial charge in [-0.15, -0.1) is 0 Å². The highest BCUT2D eigenvalue weighted by Gasteiger charge is 2.36. The van der Waals surface area contributed by atoms with Gasteiger partial charge in [0.25, 0.3) is 0 Å². The van der Waals surface area contributed by atoms with Crippen molar-refractivity contribution in [3.05, 3.63) is 33.8 Å². The van der Waals surface area contributed by atoms with Crippen LogP contribution < -0.4 is 4.72 Å². The lowest BCUT2D eigenvalue weighted by Crippen LogP contribution is -2.63. The number of piperazine rings is 1. The van der Waals surface area contributed by atoms with Crippen molar-refractivity contribution in [3.63, 3.8) is 0 Å². The summed E-state index contributed by atoms with van der Waals surface area (Å²) >= 11 is 12.1. The standard InChI is InChI=1S/C20H30Cl2N4O3S/c1-24-12-17(13-25-7-3-4-8-25)26(14-16(24)11-23-30(2,28)29)20(27)10-15-5-6-18(21)19(22)9-15/h5-6,9,16-17,23H,3-4,7-8,10-14H2,1-2H3/t16-,17+/m1/s1. The Morgan fingerprint density at radius 3 is 2.47 bits per heavy atom. The fourth-order valence-corrected chi connectivity index (χ4v) is 5.03. The zero-order chi connectivity index (χ0) is 21.9. The molecule has 0 unspecified atom stereocenters. The van der Waals surface area contributed by atoms with Crippen LogP contribution in [-0.2, 0) is 21.2 Å². The van der Waals surface area contributed by atoms with E-state index in [9.17, 15) is 13.2 Å². The Labute approximate surface area is 189 Å². The smallest absolute Gasteiger partial charge is 0.227 e. The molecule has 7 nitrogen and oxygen atoms in total. The van der Waals surface area contributed by atoms with E-state index in [1.54, 1.807) is 12.1 Å². The number of nitrogens with one attached hydrogen (secondary N) is 1. The molecule has 10 heteroatoms. The van der Waals surface area contributed by atoms with E-state index in [1.807, 2.05) is 18.0 Å². The van der Waals surface area contributed by atoms with Gasteiger partial charge >= 0.3 is 0 Å². The Hall–Kier alpha value is -0.900. The highest BCUT2D eigenvalue weighted by atomic mass is 35.5. The van der Waals surface area contributed by atoms with Crippen molar-refractivity contribution in [2.75, 3.05) is 52.6 Å². The van der Waals surface area contributed by atoms with Crippen molar-refractivity contribution in [2.24, 2.45) is 0 Å². The molecule has 0 spiro atoms. The maximum Gasteiger partial charge on any atom is 0.227 e. The van der Waals surface area contributed by atoms with Gasteiger partial charge in [0.2, 0.25) is 15.9 Å². The minimum atomic E-state index is -3.29. The molecule has 0 radical (unpaired) electrons. The monoisotopic (exact) mass is 476 g/mol. The third kappa shape index (κ3) is 6.55. The molecule has 1 aromatic rings. The number of sulfonamides is 1. The molecular weight excluding hydrogens is 447 g/mol. The van der Waals surface area contributed by atoms with Gasteiger partial charge in [-0.05, 0) is 50.7 Å². The number of nitrogens with zero attached hydrogens (tertiary/aromatic N) is 3. The second-order valence-electron chi connectivity index (χ2n) is 8.35. The van der Waals surface area contributed by atoms with Crippen molar-refractivity contribution in [3.8, 4) is 0 Å². The minimum absolute atomic E-state index is 0.0232. The van der Waals surface area contributed by atoms with E-state index in [1.165, 1.54) is 12.8 Å². The van der Waals surface area contributed by atoms with Gasteiger partial charge in [0.05, 0.1) is 28.8 Å². The van der Waals surface area contributed by atoms with Crippen molar-refractivity contribution < 1.29 is 13.2 Å². The first-order chi connectivity index (χ1) is 14.1. The van der Waals surface area contributed by atoms with Gasteiger partial charge in [0.1, 0.15) is 0 Å². The van der Waals surface area contributed by atoms with Crippen molar-refractivity contribution in [1.82, 2.24) is 19.4 Å². The van der Waals surface area contributed by atoms with E-state index < -0.39 is 10.0 Å². The summed E-state index contributed by atoms with van der Waals surface area (Å²) in [5, 5.41) is 0.899. The van der Waals surface area contributed by atoms with E-state index in [2.05, 4.69) is 14.5 Å². The van der Waals surface area contributed by atoms with Crippen LogP contribution in [0, 0.1) is 0 Å². The average molecular weight is 477 g/mol. The van der Waals surface area contributed by atoms with Gasteiger partial charge in [-0.1, -0.05) is 29.3 Å². The third-order valence-electron chi connectivity index (χ3n) is 5.88. The highest BCUT2D eigenvalue weighted by Crippen LogP contribution is 2.24. The molecule has 0 saturated carbocycles. The molecule has 0 aromatic heterocycles. The molecule has 30 heavy (non-hydrogen) atoms. The van der Waals surface area contributed by atoms with Crippen LogP contribution in [-0.4, -0.2) is 93.7 Å². The maximum atomic E-state index is 13.3. The van der Waals surface area contributed by atoms with Crippen molar-refractivity contribution >= 4 is 39.1 Å². The predicted octanol–water partition coefficient (Wildman–Crippen LogP) is 1.69. The SMILES string of the molecule is CN1C[C@@H](CN2CCCC2)N(C(=O)Cc2ccc(Cl)c(Cl)c2)C[C@H]1CNS(C)(=O)=O. The number of carbonyl (C=O) groups is 1. The van der Waals surface area contributed by atoms with E-state index >= 15 is 0 Å². The van der Waals surface area contributed by atoms with Crippen LogP contribution in [0.25, 0.3) is 0 Å². The van der Waals surface area contributed by atoms with Crippen LogP contribution >= 0.6 is 23.2 Å². The van der Waals surface area contributed by atoms with Gasteiger partial charge in [-0.25, -0.2) is 13.1 Å². The van der Waals surface area contributed by atoms with Crippen LogP contribution in [0.2, 0.25) is 10.0 Å². The van der Waals surface area contributed by atoms with E-state index in [0.29, 0.717) is 23.1 Å². The van der Waals surface area contributed by atoms with Gasteiger partial charge in [-0.3, -0.25) is 9.69 Å². The molecule has 2 atom stereocenters. The number of rotatable bonds is 7. The van der Waals surface area contributed by atoms with Crippen molar-refractivity contribution in [2.45, 2.75) is 31.3 Å². The zero-order valence-electron chi connectivity index (χ0n) is 17.5. The molecule has 1 aromatic carbocycles. The normalized spacial score (nSPS) is 23.8. The minimum Gasteiger partial charge on any atom is -0.335 e. The summed E-state index contributed by atoms with van der Waals surface area (Å²) in [4.78, 5) is 19.8. The lowest BCUT2D eigenvalue weighted by Gasteiger charge is -2.46. The molecule has 1 N–H and O–H groups in total.